The molecule has 1 atom stereocenters. The highest BCUT2D eigenvalue weighted by atomic mass is 16.4. The lowest BCUT2D eigenvalue weighted by Crippen LogP contribution is -2.44. The summed E-state index contributed by atoms with van der Waals surface area (Å²) in [7, 11) is 0. The molecule has 2 N–H and O–H groups in total. The second-order valence-electron chi connectivity index (χ2n) is 4.91. The lowest BCUT2D eigenvalue weighted by atomic mass is 9.96. The summed E-state index contributed by atoms with van der Waals surface area (Å²) < 4.78 is 0. The van der Waals surface area contributed by atoms with Gasteiger partial charge in [-0.1, -0.05) is 25.5 Å². The van der Waals surface area contributed by atoms with Gasteiger partial charge in [0.25, 0.3) is 0 Å². The molecular formula is C13H21NO3. The first kappa shape index (κ1) is 13.7. The molecule has 0 saturated heterocycles. The molecule has 17 heavy (non-hydrogen) atoms. The molecule has 1 aliphatic rings. The third-order valence-electron chi connectivity index (χ3n) is 3.02. The van der Waals surface area contributed by atoms with Crippen molar-refractivity contribution in [1.82, 2.24) is 5.32 Å². The van der Waals surface area contributed by atoms with E-state index in [2.05, 4.69) is 11.4 Å². The van der Waals surface area contributed by atoms with Crippen LogP contribution in [0.3, 0.4) is 0 Å². The van der Waals surface area contributed by atoms with E-state index in [-0.39, 0.29) is 11.8 Å². The fourth-order valence-electron chi connectivity index (χ4n) is 2.01. The third kappa shape index (κ3) is 4.59. The predicted octanol–water partition coefficient (Wildman–Crippen LogP) is 2.10. The monoisotopic (exact) mass is 239 g/mol. The maximum atomic E-state index is 11.7. The second-order valence-corrected chi connectivity index (χ2v) is 4.91. The van der Waals surface area contributed by atoms with E-state index in [0.29, 0.717) is 6.42 Å². The van der Waals surface area contributed by atoms with Crippen molar-refractivity contribution in [3.05, 3.63) is 11.6 Å². The van der Waals surface area contributed by atoms with Gasteiger partial charge in [0.05, 0.1) is 0 Å². The van der Waals surface area contributed by atoms with E-state index in [9.17, 15) is 9.59 Å². The number of carbonyl (C=O) groups excluding carboxylic acids is 1. The fourth-order valence-corrected chi connectivity index (χ4v) is 2.01. The Morgan fingerprint density at radius 2 is 2.12 bits per heavy atom. The molecule has 0 bridgehead atoms. The van der Waals surface area contributed by atoms with Gasteiger partial charge < -0.3 is 10.4 Å². The van der Waals surface area contributed by atoms with Gasteiger partial charge in [-0.15, -0.1) is 0 Å². The average molecular weight is 239 g/mol. The van der Waals surface area contributed by atoms with Crippen molar-refractivity contribution < 1.29 is 14.7 Å². The number of rotatable bonds is 5. The van der Waals surface area contributed by atoms with Crippen LogP contribution in [0.4, 0.5) is 0 Å². The van der Waals surface area contributed by atoms with Gasteiger partial charge in [0.2, 0.25) is 5.91 Å². The third-order valence-corrected chi connectivity index (χ3v) is 3.02. The van der Waals surface area contributed by atoms with E-state index in [1.165, 1.54) is 6.42 Å². The summed E-state index contributed by atoms with van der Waals surface area (Å²) in [4.78, 5) is 22.7. The molecule has 0 aromatic heterocycles. The lowest BCUT2D eigenvalue weighted by Gasteiger charge is -2.19. The largest absolute Gasteiger partial charge is 0.480 e. The van der Waals surface area contributed by atoms with E-state index >= 15 is 0 Å². The van der Waals surface area contributed by atoms with Crippen molar-refractivity contribution >= 4 is 11.9 Å². The number of carboxylic acids is 1. The molecule has 1 aliphatic carbocycles. The zero-order chi connectivity index (χ0) is 12.8. The SMILES string of the molecule is CC(C)[C@@H](NC(=O)CC1=CCCCC1)C(=O)O. The van der Waals surface area contributed by atoms with Crippen molar-refractivity contribution in [2.75, 3.05) is 0 Å². The van der Waals surface area contributed by atoms with Gasteiger partial charge in [-0.25, -0.2) is 4.79 Å². The van der Waals surface area contributed by atoms with E-state index in [1.807, 2.05) is 0 Å². The second kappa shape index (κ2) is 6.42. The first-order valence-corrected chi connectivity index (χ1v) is 6.20. The van der Waals surface area contributed by atoms with Crippen LogP contribution >= 0.6 is 0 Å². The highest BCUT2D eigenvalue weighted by molar-refractivity contribution is 5.85. The molecule has 4 nitrogen and oxygen atoms in total. The molecule has 0 fully saturated rings. The summed E-state index contributed by atoms with van der Waals surface area (Å²) >= 11 is 0. The van der Waals surface area contributed by atoms with Gasteiger partial charge in [0.15, 0.2) is 0 Å². The minimum Gasteiger partial charge on any atom is -0.480 e. The maximum absolute atomic E-state index is 11.7. The summed E-state index contributed by atoms with van der Waals surface area (Å²) in [6, 6.07) is -0.785. The van der Waals surface area contributed by atoms with Crippen LogP contribution in [0.5, 0.6) is 0 Å². The molecule has 0 unspecified atom stereocenters. The zero-order valence-electron chi connectivity index (χ0n) is 10.5. The minimum absolute atomic E-state index is 0.100. The van der Waals surface area contributed by atoms with Gasteiger partial charge in [0, 0.05) is 6.42 Å². The molecule has 0 aromatic rings. The number of hydrogen-bond donors (Lipinski definition) is 2. The molecule has 0 saturated carbocycles. The quantitative estimate of drug-likeness (QED) is 0.722. The van der Waals surface area contributed by atoms with Crippen LogP contribution < -0.4 is 5.32 Å². The summed E-state index contributed by atoms with van der Waals surface area (Å²) in [5.41, 5.74) is 1.14. The van der Waals surface area contributed by atoms with Crippen LogP contribution in [0, 0.1) is 5.92 Å². The van der Waals surface area contributed by atoms with Crippen molar-refractivity contribution in [1.29, 1.82) is 0 Å². The number of hydrogen-bond acceptors (Lipinski definition) is 2. The molecule has 1 rings (SSSR count). The summed E-state index contributed by atoms with van der Waals surface area (Å²) in [5, 5.41) is 11.6. The van der Waals surface area contributed by atoms with Gasteiger partial charge in [0.1, 0.15) is 6.04 Å². The van der Waals surface area contributed by atoms with Crippen LogP contribution in [0.25, 0.3) is 0 Å². The predicted molar refractivity (Wildman–Crippen MR) is 65.6 cm³/mol. The fraction of sp³-hybridized carbons (Fsp3) is 0.692. The highest BCUT2D eigenvalue weighted by Crippen LogP contribution is 2.20. The van der Waals surface area contributed by atoms with E-state index < -0.39 is 12.0 Å². The van der Waals surface area contributed by atoms with Crippen LogP contribution in [0.1, 0.15) is 46.0 Å². The number of amides is 1. The Kier molecular flexibility index (Phi) is 5.19. The van der Waals surface area contributed by atoms with Crippen molar-refractivity contribution in [2.45, 2.75) is 52.0 Å². The molecule has 0 aliphatic heterocycles. The van der Waals surface area contributed by atoms with Crippen LogP contribution in [0.15, 0.2) is 11.6 Å². The first-order chi connectivity index (χ1) is 8.00. The van der Waals surface area contributed by atoms with Gasteiger partial charge in [-0.3, -0.25) is 4.79 Å². The average Bonchev–Trinajstić information content (AvgIpc) is 2.26. The molecule has 0 spiro atoms. The Bertz CT molecular complexity index is 321. The lowest BCUT2D eigenvalue weighted by molar-refractivity contribution is -0.143. The maximum Gasteiger partial charge on any atom is 0.326 e. The summed E-state index contributed by atoms with van der Waals surface area (Å²) in [6.07, 6.45) is 6.77. The molecule has 4 heteroatoms. The number of nitrogens with one attached hydrogen (secondary N) is 1. The van der Waals surface area contributed by atoms with E-state index in [4.69, 9.17) is 5.11 Å². The smallest absolute Gasteiger partial charge is 0.326 e. The molecular weight excluding hydrogens is 218 g/mol. The van der Waals surface area contributed by atoms with Crippen LogP contribution in [0.2, 0.25) is 0 Å². The Hall–Kier alpha value is -1.32. The van der Waals surface area contributed by atoms with Crippen molar-refractivity contribution in [3.63, 3.8) is 0 Å². The molecule has 0 aromatic carbocycles. The minimum atomic E-state index is -0.967. The number of carbonyl (C=O) groups is 2. The zero-order valence-corrected chi connectivity index (χ0v) is 10.5. The summed E-state index contributed by atoms with van der Waals surface area (Å²) in [5.74, 6) is -1.25. The Morgan fingerprint density at radius 1 is 1.41 bits per heavy atom. The Balaban J connectivity index is 2.47. The first-order valence-electron chi connectivity index (χ1n) is 6.20. The number of aliphatic carboxylic acids is 1. The Labute approximate surface area is 102 Å². The van der Waals surface area contributed by atoms with E-state index in [0.717, 1.165) is 24.8 Å². The molecule has 96 valence electrons. The van der Waals surface area contributed by atoms with Crippen LogP contribution in [-0.4, -0.2) is 23.0 Å². The van der Waals surface area contributed by atoms with Gasteiger partial charge in [-0.05, 0) is 31.6 Å². The molecule has 0 heterocycles. The number of allylic oxidation sites excluding steroid dienone is 1. The molecule has 0 radical (unpaired) electrons. The van der Waals surface area contributed by atoms with Crippen molar-refractivity contribution in [3.8, 4) is 0 Å². The van der Waals surface area contributed by atoms with Gasteiger partial charge in [-0.2, -0.15) is 0 Å². The summed E-state index contributed by atoms with van der Waals surface area (Å²) in [6.45, 7) is 3.58. The normalized spacial score (nSPS) is 17.5. The number of carboxylic acid groups (broad SMARTS) is 1. The van der Waals surface area contributed by atoms with Crippen molar-refractivity contribution in [2.24, 2.45) is 5.92 Å². The van der Waals surface area contributed by atoms with E-state index in [1.54, 1.807) is 13.8 Å². The highest BCUT2D eigenvalue weighted by Gasteiger charge is 2.23. The molecule has 1 amide bonds. The Morgan fingerprint density at radius 3 is 2.59 bits per heavy atom. The van der Waals surface area contributed by atoms with Crippen LogP contribution in [-0.2, 0) is 9.59 Å². The standard InChI is InChI=1S/C13H21NO3/c1-9(2)12(13(16)17)14-11(15)8-10-6-4-3-5-7-10/h6,9,12H,3-5,7-8H2,1-2H3,(H,14,15)(H,16,17)/t12-/m1/s1. The van der Waals surface area contributed by atoms with Gasteiger partial charge >= 0.3 is 5.97 Å². The topological polar surface area (TPSA) is 66.4 Å².